The van der Waals surface area contributed by atoms with E-state index in [0.717, 1.165) is 5.56 Å². The Balaban J connectivity index is 2.98. The van der Waals surface area contributed by atoms with Gasteiger partial charge in [-0.1, -0.05) is 0 Å². The second-order valence-corrected chi connectivity index (χ2v) is 3.71. The molecule has 82 valence electrons. The molecule has 4 heteroatoms. The lowest BCUT2D eigenvalue weighted by atomic mass is 10.1. The summed E-state index contributed by atoms with van der Waals surface area (Å²) >= 11 is 1.45. The number of nitriles is 1. The van der Waals surface area contributed by atoms with E-state index in [1.54, 1.807) is 29.7 Å². The summed E-state index contributed by atoms with van der Waals surface area (Å²) in [5.41, 5.74) is 1.36. The minimum Gasteiger partial charge on any atom is -0.426 e. The molecule has 1 aromatic rings. The highest BCUT2D eigenvalue weighted by atomic mass is 32.2. The number of thioether (sulfide) groups is 1. The number of carbonyl (C=O) groups is 1. The highest BCUT2D eigenvalue weighted by Crippen LogP contribution is 2.19. The van der Waals surface area contributed by atoms with E-state index in [0.29, 0.717) is 11.3 Å². The van der Waals surface area contributed by atoms with Crippen LogP contribution in [0.2, 0.25) is 0 Å². The Kier molecular flexibility index (Phi) is 4.62. The van der Waals surface area contributed by atoms with Gasteiger partial charge in [-0.05, 0) is 30.5 Å². The molecule has 3 nitrogen and oxygen atoms in total. The Bertz CT molecular complexity index is 443. The van der Waals surface area contributed by atoms with Crippen LogP contribution in [0.4, 0.5) is 0 Å². The normalized spacial score (nSPS) is 10.7. The summed E-state index contributed by atoms with van der Waals surface area (Å²) in [5.74, 6) is 0.147. The minimum absolute atomic E-state index is 0.357. The van der Waals surface area contributed by atoms with Gasteiger partial charge in [0.1, 0.15) is 5.76 Å². The predicted molar refractivity (Wildman–Crippen MR) is 64.4 cm³/mol. The van der Waals surface area contributed by atoms with Crippen LogP contribution in [0, 0.1) is 11.3 Å². The van der Waals surface area contributed by atoms with Gasteiger partial charge in [0.05, 0.1) is 11.6 Å². The number of hydrogen-bond donors (Lipinski definition) is 0. The lowest BCUT2D eigenvalue weighted by molar-refractivity contribution is -0.134. The Morgan fingerprint density at radius 3 is 2.50 bits per heavy atom. The third-order valence-corrected chi connectivity index (χ3v) is 2.23. The van der Waals surface area contributed by atoms with Crippen molar-refractivity contribution in [2.45, 2.75) is 6.92 Å². The molecule has 0 amide bonds. The average Bonchev–Trinajstić information content (AvgIpc) is 2.28. The van der Waals surface area contributed by atoms with Crippen molar-refractivity contribution in [3.05, 3.63) is 40.8 Å². The largest absolute Gasteiger partial charge is 0.426 e. The summed E-state index contributed by atoms with van der Waals surface area (Å²) in [6, 6.07) is 8.92. The zero-order chi connectivity index (χ0) is 12.0. The summed E-state index contributed by atoms with van der Waals surface area (Å²) in [6.07, 6.45) is 1.88. The lowest BCUT2D eigenvalue weighted by Crippen LogP contribution is -1.98. The van der Waals surface area contributed by atoms with E-state index in [2.05, 4.69) is 0 Å². The number of hydrogen-bond acceptors (Lipinski definition) is 4. The molecule has 0 heterocycles. The molecule has 0 fully saturated rings. The van der Waals surface area contributed by atoms with E-state index in [-0.39, 0.29) is 5.97 Å². The van der Waals surface area contributed by atoms with Crippen molar-refractivity contribution < 1.29 is 9.53 Å². The monoisotopic (exact) mass is 233 g/mol. The maximum absolute atomic E-state index is 10.9. The van der Waals surface area contributed by atoms with Crippen LogP contribution >= 0.6 is 11.8 Å². The van der Waals surface area contributed by atoms with E-state index >= 15 is 0 Å². The van der Waals surface area contributed by atoms with Gasteiger partial charge in [0, 0.05) is 17.9 Å². The zero-order valence-electron chi connectivity index (χ0n) is 9.06. The molecule has 0 bridgehead atoms. The number of rotatable bonds is 3. The maximum atomic E-state index is 10.9. The predicted octanol–water partition coefficient (Wildman–Crippen LogP) is 2.78. The molecule has 0 N–H and O–H groups in total. The van der Waals surface area contributed by atoms with Gasteiger partial charge in [-0.15, -0.1) is 11.8 Å². The summed E-state index contributed by atoms with van der Waals surface area (Å²) in [7, 11) is 0. The summed E-state index contributed by atoms with van der Waals surface area (Å²) < 4.78 is 5.07. The summed E-state index contributed by atoms with van der Waals surface area (Å²) in [5, 5.41) is 10.4. The fourth-order valence-corrected chi connectivity index (χ4v) is 1.52. The number of benzene rings is 1. The molecular weight excluding hydrogens is 222 g/mol. The topological polar surface area (TPSA) is 50.1 Å². The molecule has 0 aliphatic carbocycles. The van der Waals surface area contributed by atoms with Crippen molar-refractivity contribution in [3.63, 3.8) is 0 Å². The molecule has 0 aromatic heterocycles. The van der Waals surface area contributed by atoms with Gasteiger partial charge in [-0.25, -0.2) is 0 Å². The van der Waals surface area contributed by atoms with Crippen molar-refractivity contribution in [2.24, 2.45) is 0 Å². The Morgan fingerprint density at radius 2 is 2.06 bits per heavy atom. The number of esters is 1. The standard InChI is InChI=1S/C12H11NO2S/c1-9(14)15-12(8-16-2)11-5-3-10(7-13)4-6-11/h3-6,8H,1-2H3/b12-8-. The van der Waals surface area contributed by atoms with E-state index < -0.39 is 0 Å². The van der Waals surface area contributed by atoms with Crippen LogP contribution in [0.1, 0.15) is 18.1 Å². The molecule has 1 rings (SSSR count). The average molecular weight is 233 g/mol. The number of ether oxygens (including phenoxy) is 1. The first kappa shape index (κ1) is 12.3. The van der Waals surface area contributed by atoms with E-state index in [9.17, 15) is 4.79 Å². The molecule has 0 spiro atoms. The third-order valence-electron chi connectivity index (χ3n) is 1.78. The first-order chi connectivity index (χ1) is 7.67. The van der Waals surface area contributed by atoms with Crippen LogP contribution in [0.5, 0.6) is 0 Å². The van der Waals surface area contributed by atoms with Gasteiger partial charge in [0.2, 0.25) is 0 Å². The highest BCUT2D eigenvalue weighted by molar-refractivity contribution is 8.01. The van der Waals surface area contributed by atoms with Crippen LogP contribution < -0.4 is 0 Å². The Labute approximate surface area is 98.7 Å². The molecular formula is C12H11NO2S. The van der Waals surface area contributed by atoms with Crippen LogP contribution in [-0.4, -0.2) is 12.2 Å². The summed E-state index contributed by atoms with van der Waals surface area (Å²) in [6.45, 7) is 1.36. The van der Waals surface area contributed by atoms with E-state index in [1.807, 2.05) is 12.3 Å². The third kappa shape index (κ3) is 3.44. The van der Waals surface area contributed by atoms with Crippen molar-refractivity contribution in [2.75, 3.05) is 6.26 Å². The second kappa shape index (κ2) is 5.99. The Morgan fingerprint density at radius 1 is 1.44 bits per heavy atom. The van der Waals surface area contributed by atoms with Crippen molar-refractivity contribution in [1.29, 1.82) is 5.26 Å². The molecule has 0 unspecified atom stereocenters. The van der Waals surface area contributed by atoms with Gasteiger partial charge in [-0.2, -0.15) is 5.26 Å². The van der Waals surface area contributed by atoms with Gasteiger partial charge in [-0.3, -0.25) is 4.79 Å². The molecule has 0 aliphatic heterocycles. The van der Waals surface area contributed by atoms with Crippen molar-refractivity contribution in [3.8, 4) is 6.07 Å². The SMILES string of the molecule is CS/C=C(\OC(C)=O)c1ccc(C#N)cc1. The van der Waals surface area contributed by atoms with Gasteiger partial charge < -0.3 is 4.74 Å². The fraction of sp³-hybridized carbons (Fsp3) is 0.167. The first-order valence-electron chi connectivity index (χ1n) is 4.59. The van der Waals surface area contributed by atoms with Crippen molar-refractivity contribution in [1.82, 2.24) is 0 Å². The van der Waals surface area contributed by atoms with Crippen LogP contribution in [0.15, 0.2) is 29.7 Å². The van der Waals surface area contributed by atoms with Gasteiger partial charge in [0.25, 0.3) is 0 Å². The highest BCUT2D eigenvalue weighted by Gasteiger charge is 2.05. The minimum atomic E-state index is -0.357. The molecule has 0 aliphatic rings. The lowest BCUT2D eigenvalue weighted by Gasteiger charge is -2.06. The molecule has 0 saturated heterocycles. The number of nitrogens with zero attached hydrogens (tertiary/aromatic N) is 1. The second-order valence-electron chi connectivity index (χ2n) is 3.00. The quantitative estimate of drug-likeness (QED) is 0.595. The maximum Gasteiger partial charge on any atom is 0.308 e. The zero-order valence-corrected chi connectivity index (χ0v) is 9.88. The first-order valence-corrected chi connectivity index (χ1v) is 5.88. The van der Waals surface area contributed by atoms with E-state index in [4.69, 9.17) is 10.00 Å². The number of carbonyl (C=O) groups excluding carboxylic acids is 1. The van der Waals surface area contributed by atoms with Crippen LogP contribution in [0.25, 0.3) is 5.76 Å². The molecule has 16 heavy (non-hydrogen) atoms. The summed E-state index contributed by atoms with van der Waals surface area (Å²) in [4.78, 5) is 10.9. The fourth-order valence-electron chi connectivity index (χ4n) is 1.12. The molecule has 0 saturated carbocycles. The van der Waals surface area contributed by atoms with Crippen LogP contribution in [-0.2, 0) is 9.53 Å². The smallest absolute Gasteiger partial charge is 0.308 e. The van der Waals surface area contributed by atoms with Gasteiger partial charge in [0.15, 0.2) is 0 Å². The molecule has 0 atom stereocenters. The van der Waals surface area contributed by atoms with E-state index in [1.165, 1.54) is 18.7 Å². The van der Waals surface area contributed by atoms with Crippen LogP contribution in [0.3, 0.4) is 0 Å². The van der Waals surface area contributed by atoms with Gasteiger partial charge >= 0.3 is 5.97 Å². The molecule has 1 aromatic carbocycles. The Hall–Kier alpha value is -1.73. The van der Waals surface area contributed by atoms with Crippen molar-refractivity contribution >= 4 is 23.5 Å². The molecule has 0 radical (unpaired) electrons.